The molecule has 0 fully saturated rings. The molecule has 3 rings (SSSR count). The Kier molecular flexibility index (Phi) is 3.07. The average Bonchev–Trinajstić information content (AvgIpc) is 2.77. The van der Waals surface area contributed by atoms with E-state index in [0.717, 1.165) is 16.5 Å². The van der Waals surface area contributed by atoms with Gasteiger partial charge in [-0.15, -0.1) is 0 Å². The highest BCUT2D eigenvalue weighted by molar-refractivity contribution is 5.83. The first kappa shape index (κ1) is 12.9. The lowest BCUT2D eigenvalue weighted by Crippen LogP contribution is -2.01. The van der Waals surface area contributed by atoms with Gasteiger partial charge in [-0.05, 0) is 37.1 Å². The van der Waals surface area contributed by atoms with Crippen LogP contribution >= 0.6 is 0 Å². The number of halogens is 1. The molecule has 1 N–H and O–H groups in total. The number of hydrogen-bond donors (Lipinski definition) is 1. The molecule has 0 saturated heterocycles. The highest BCUT2D eigenvalue weighted by Crippen LogP contribution is 2.34. The fraction of sp³-hybridized carbons (Fsp3) is 0.176. The molecule has 3 aromatic rings. The third-order valence-electron chi connectivity index (χ3n) is 3.59. The van der Waals surface area contributed by atoms with Gasteiger partial charge < -0.3 is 9.52 Å². The summed E-state index contributed by atoms with van der Waals surface area (Å²) in [6, 6.07) is 12.2. The van der Waals surface area contributed by atoms with Crippen molar-refractivity contribution in [1.29, 1.82) is 0 Å². The lowest BCUT2D eigenvalue weighted by Gasteiger charge is -2.12. The number of benzene rings is 2. The Morgan fingerprint density at radius 2 is 1.85 bits per heavy atom. The zero-order valence-electron chi connectivity index (χ0n) is 11.4. The summed E-state index contributed by atoms with van der Waals surface area (Å²) in [5, 5.41) is 11.5. The molecule has 0 bridgehead atoms. The van der Waals surface area contributed by atoms with Crippen molar-refractivity contribution in [2.24, 2.45) is 0 Å². The molecule has 2 nitrogen and oxygen atoms in total. The zero-order valence-corrected chi connectivity index (χ0v) is 11.4. The fourth-order valence-corrected chi connectivity index (χ4v) is 2.53. The van der Waals surface area contributed by atoms with Crippen LogP contribution in [0.1, 0.15) is 28.6 Å². The number of aliphatic hydroxyl groups is 1. The van der Waals surface area contributed by atoms with Crippen LogP contribution in [0.3, 0.4) is 0 Å². The first-order valence-corrected chi connectivity index (χ1v) is 6.50. The largest absolute Gasteiger partial charge is 0.461 e. The molecule has 3 heteroatoms. The van der Waals surface area contributed by atoms with Crippen molar-refractivity contribution in [1.82, 2.24) is 0 Å². The van der Waals surface area contributed by atoms with Crippen LogP contribution in [0.25, 0.3) is 11.0 Å². The molecule has 0 aliphatic carbocycles. The van der Waals surface area contributed by atoms with E-state index >= 15 is 0 Å². The summed E-state index contributed by atoms with van der Waals surface area (Å²) in [4.78, 5) is 0. The Morgan fingerprint density at radius 3 is 2.60 bits per heavy atom. The first-order valence-electron chi connectivity index (χ1n) is 6.50. The number of furan rings is 1. The summed E-state index contributed by atoms with van der Waals surface area (Å²) in [7, 11) is 0. The number of aliphatic hydroxyl groups excluding tert-OH is 1. The number of para-hydroxylation sites is 1. The summed E-state index contributed by atoms with van der Waals surface area (Å²) in [6.07, 6.45) is -0.821. The Morgan fingerprint density at radius 1 is 1.10 bits per heavy atom. The smallest absolute Gasteiger partial charge is 0.134 e. The van der Waals surface area contributed by atoms with E-state index in [2.05, 4.69) is 0 Å². The number of rotatable bonds is 2. The van der Waals surface area contributed by atoms with Crippen LogP contribution in [0.5, 0.6) is 0 Å². The van der Waals surface area contributed by atoms with E-state index in [1.54, 1.807) is 19.1 Å². The van der Waals surface area contributed by atoms with Crippen LogP contribution in [0.15, 0.2) is 46.9 Å². The second-order valence-electron chi connectivity index (χ2n) is 4.98. The van der Waals surface area contributed by atoms with Crippen molar-refractivity contribution in [3.8, 4) is 0 Å². The summed E-state index contributed by atoms with van der Waals surface area (Å²) in [6.45, 7) is 3.51. The first-order chi connectivity index (χ1) is 9.58. The predicted molar refractivity (Wildman–Crippen MR) is 76.1 cm³/mol. The van der Waals surface area contributed by atoms with E-state index in [0.29, 0.717) is 16.9 Å². The molecule has 0 aliphatic rings. The topological polar surface area (TPSA) is 33.4 Å². The standard InChI is InChI=1S/C17H15FO2/c1-10-9-12(7-8-14(10)18)17(19)16-11(2)20-15-6-4-3-5-13(15)16/h3-9,17,19H,1-2H3. The second kappa shape index (κ2) is 4.76. The maximum Gasteiger partial charge on any atom is 0.134 e. The third kappa shape index (κ3) is 2.00. The number of hydrogen-bond acceptors (Lipinski definition) is 2. The van der Waals surface area contributed by atoms with Gasteiger partial charge in [-0.3, -0.25) is 0 Å². The van der Waals surface area contributed by atoms with E-state index in [1.807, 2.05) is 31.2 Å². The average molecular weight is 270 g/mol. The quantitative estimate of drug-likeness (QED) is 0.754. The fourth-order valence-electron chi connectivity index (χ4n) is 2.53. The van der Waals surface area contributed by atoms with E-state index < -0.39 is 6.10 Å². The van der Waals surface area contributed by atoms with Gasteiger partial charge >= 0.3 is 0 Å². The molecule has 0 aliphatic heterocycles. The van der Waals surface area contributed by atoms with Gasteiger partial charge in [-0.25, -0.2) is 4.39 Å². The van der Waals surface area contributed by atoms with Crippen molar-refractivity contribution in [3.63, 3.8) is 0 Å². The number of aryl methyl sites for hydroxylation is 2. The second-order valence-corrected chi connectivity index (χ2v) is 4.98. The van der Waals surface area contributed by atoms with Crippen LogP contribution in [-0.4, -0.2) is 5.11 Å². The molecular formula is C17H15FO2. The van der Waals surface area contributed by atoms with Gasteiger partial charge in [0.2, 0.25) is 0 Å². The van der Waals surface area contributed by atoms with Gasteiger partial charge in [0.1, 0.15) is 23.3 Å². The van der Waals surface area contributed by atoms with E-state index in [9.17, 15) is 9.50 Å². The lowest BCUT2D eigenvalue weighted by atomic mass is 9.97. The van der Waals surface area contributed by atoms with Crippen LogP contribution in [-0.2, 0) is 0 Å². The summed E-state index contributed by atoms with van der Waals surface area (Å²) in [5.74, 6) is 0.412. The minimum absolute atomic E-state index is 0.269. The molecule has 1 heterocycles. The van der Waals surface area contributed by atoms with Gasteiger partial charge in [0, 0.05) is 10.9 Å². The van der Waals surface area contributed by atoms with E-state index in [-0.39, 0.29) is 5.82 Å². The molecule has 0 radical (unpaired) electrons. The Hall–Kier alpha value is -2.13. The summed E-state index contributed by atoms with van der Waals surface area (Å²) < 4.78 is 19.0. The van der Waals surface area contributed by atoms with Crippen molar-refractivity contribution < 1.29 is 13.9 Å². The molecule has 0 amide bonds. The highest BCUT2D eigenvalue weighted by Gasteiger charge is 2.20. The molecule has 1 aromatic heterocycles. The molecule has 20 heavy (non-hydrogen) atoms. The SMILES string of the molecule is Cc1cc(C(O)c2c(C)oc3ccccc23)ccc1F. The molecule has 0 spiro atoms. The van der Waals surface area contributed by atoms with Gasteiger partial charge in [-0.1, -0.05) is 30.3 Å². The molecular weight excluding hydrogens is 255 g/mol. The van der Waals surface area contributed by atoms with Gasteiger partial charge in [0.25, 0.3) is 0 Å². The minimum atomic E-state index is -0.821. The predicted octanol–water partition coefficient (Wildman–Crippen LogP) is 4.27. The van der Waals surface area contributed by atoms with Crippen LogP contribution < -0.4 is 0 Å². The zero-order chi connectivity index (χ0) is 14.3. The molecule has 1 atom stereocenters. The monoisotopic (exact) mass is 270 g/mol. The highest BCUT2D eigenvalue weighted by atomic mass is 19.1. The van der Waals surface area contributed by atoms with Crippen molar-refractivity contribution in [2.75, 3.05) is 0 Å². The lowest BCUT2D eigenvalue weighted by molar-refractivity contribution is 0.219. The summed E-state index contributed by atoms with van der Waals surface area (Å²) in [5.41, 5.74) is 2.68. The molecule has 0 saturated carbocycles. The van der Waals surface area contributed by atoms with Gasteiger partial charge in [-0.2, -0.15) is 0 Å². The Balaban J connectivity index is 2.14. The maximum absolute atomic E-state index is 13.3. The van der Waals surface area contributed by atoms with Crippen LogP contribution in [0, 0.1) is 19.7 Å². The molecule has 1 unspecified atom stereocenters. The normalized spacial score (nSPS) is 12.8. The number of fused-ring (bicyclic) bond motifs is 1. The van der Waals surface area contributed by atoms with Crippen molar-refractivity contribution in [2.45, 2.75) is 20.0 Å². The van der Waals surface area contributed by atoms with Crippen LogP contribution in [0.4, 0.5) is 4.39 Å². The minimum Gasteiger partial charge on any atom is -0.461 e. The molecule has 102 valence electrons. The third-order valence-corrected chi connectivity index (χ3v) is 3.59. The van der Waals surface area contributed by atoms with E-state index in [4.69, 9.17) is 4.42 Å². The van der Waals surface area contributed by atoms with Crippen molar-refractivity contribution >= 4 is 11.0 Å². The summed E-state index contributed by atoms with van der Waals surface area (Å²) >= 11 is 0. The molecule has 2 aromatic carbocycles. The van der Waals surface area contributed by atoms with Gasteiger partial charge in [0.15, 0.2) is 0 Å². The van der Waals surface area contributed by atoms with E-state index in [1.165, 1.54) is 6.07 Å². The van der Waals surface area contributed by atoms with Crippen LogP contribution in [0.2, 0.25) is 0 Å². The maximum atomic E-state index is 13.3. The van der Waals surface area contributed by atoms with Gasteiger partial charge in [0.05, 0.1) is 0 Å². The Bertz CT molecular complexity index is 774. The van der Waals surface area contributed by atoms with Crippen molar-refractivity contribution in [3.05, 3.63) is 70.7 Å². The Labute approximate surface area is 116 Å².